The molecule has 2 rings (SSSR count). The van der Waals surface area contributed by atoms with Gasteiger partial charge in [-0.3, -0.25) is 9.89 Å². The van der Waals surface area contributed by atoms with Crippen molar-refractivity contribution < 1.29 is 18.3 Å². The Morgan fingerprint density at radius 1 is 1.39 bits per heavy atom. The summed E-state index contributed by atoms with van der Waals surface area (Å²) in [6.07, 6.45) is 0. The number of aryl methyl sites for hydroxylation is 2. The summed E-state index contributed by atoms with van der Waals surface area (Å²) >= 11 is 0. The maximum absolute atomic E-state index is 13.8. The van der Waals surface area contributed by atoms with Gasteiger partial charge in [0.05, 0.1) is 12.8 Å². The zero-order valence-electron chi connectivity index (χ0n) is 13.0. The van der Waals surface area contributed by atoms with Crippen LogP contribution in [0.5, 0.6) is 5.75 Å². The molecule has 0 bridgehead atoms. The van der Waals surface area contributed by atoms with E-state index in [1.54, 1.807) is 13.8 Å². The summed E-state index contributed by atoms with van der Waals surface area (Å²) in [7, 11) is 1.24. The Bertz CT molecular complexity index is 711. The summed E-state index contributed by atoms with van der Waals surface area (Å²) in [4.78, 5) is 12.1. The Morgan fingerprint density at radius 3 is 2.65 bits per heavy atom. The third-order valence-electron chi connectivity index (χ3n) is 3.58. The van der Waals surface area contributed by atoms with Crippen molar-refractivity contribution in [3.05, 3.63) is 46.3 Å². The number of nitrogens with zero attached hydrogens (tertiary/aromatic N) is 1. The van der Waals surface area contributed by atoms with E-state index in [1.165, 1.54) is 19.2 Å². The topological polar surface area (TPSA) is 93.0 Å². The first kappa shape index (κ1) is 16.9. The molecule has 2 aromatic rings. The number of benzene rings is 1. The maximum atomic E-state index is 13.8. The molecule has 1 atom stereocenters. The van der Waals surface area contributed by atoms with Crippen molar-refractivity contribution in [1.82, 2.24) is 15.5 Å². The number of rotatable bonds is 5. The highest BCUT2D eigenvalue weighted by Gasteiger charge is 2.22. The molecule has 6 nitrogen and oxygen atoms in total. The number of aromatic amines is 1. The number of aromatic nitrogens is 2. The summed E-state index contributed by atoms with van der Waals surface area (Å²) in [5.41, 5.74) is 7.80. The molecular formula is C15H18F2N4O2. The van der Waals surface area contributed by atoms with E-state index >= 15 is 0 Å². The van der Waals surface area contributed by atoms with Gasteiger partial charge in [0.25, 0.3) is 0 Å². The molecule has 4 N–H and O–H groups in total. The first-order chi connectivity index (χ1) is 10.9. The van der Waals surface area contributed by atoms with Gasteiger partial charge in [-0.2, -0.15) is 9.49 Å². The van der Waals surface area contributed by atoms with Gasteiger partial charge in [-0.1, -0.05) is 6.07 Å². The average Bonchev–Trinajstić information content (AvgIpc) is 2.86. The largest absolute Gasteiger partial charge is 0.494 e. The lowest BCUT2D eigenvalue weighted by atomic mass is 10.0. The number of carbonyl (C=O) groups excluding carboxylic acids is 1. The Labute approximate surface area is 132 Å². The van der Waals surface area contributed by atoms with Crippen molar-refractivity contribution in [2.45, 2.75) is 26.4 Å². The highest BCUT2D eigenvalue weighted by atomic mass is 19.2. The minimum absolute atomic E-state index is 0.00416. The number of carbonyl (C=O) groups is 1. The molecule has 0 radical (unpaired) electrons. The normalized spacial score (nSPS) is 12.1. The highest BCUT2D eigenvalue weighted by molar-refractivity contribution is 5.83. The van der Waals surface area contributed by atoms with Crippen LogP contribution in [-0.4, -0.2) is 23.2 Å². The third kappa shape index (κ3) is 3.31. The van der Waals surface area contributed by atoms with Gasteiger partial charge in [-0.05, 0) is 19.9 Å². The molecule has 1 aromatic carbocycles. The first-order valence-corrected chi connectivity index (χ1v) is 6.92. The van der Waals surface area contributed by atoms with Crippen LogP contribution < -0.4 is 15.8 Å². The number of halogens is 2. The van der Waals surface area contributed by atoms with Crippen LogP contribution in [0.2, 0.25) is 0 Å². The molecule has 0 saturated carbocycles. The molecule has 1 amide bonds. The molecule has 0 aliphatic rings. The number of H-pyrrole nitrogens is 1. The van der Waals surface area contributed by atoms with E-state index in [-0.39, 0.29) is 17.9 Å². The van der Waals surface area contributed by atoms with E-state index in [1.807, 2.05) is 0 Å². The predicted octanol–water partition coefficient (Wildman–Crippen LogP) is 1.63. The number of hydrogen-bond donors (Lipinski definition) is 3. The summed E-state index contributed by atoms with van der Waals surface area (Å²) in [5.74, 6) is -2.86. The van der Waals surface area contributed by atoms with Gasteiger partial charge in [0.15, 0.2) is 11.6 Å². The first-order valence-electron chi connectivity index (χ1n) is 6.92. The predicted molar refractivity (Wildman–Crippen MR) is 79.7 cm³/mol. The summed E-state index contributed by atoms with van der Waals surface area (Å²) < 4.78 is 32.2. The van der Waals surface area contributed by atoms with Crippen molar-refractivity contribution in [3.63, 3.8) is 0 Å². The van der Waals surface area contributed by atoms with Crippen LogP contribution in [0, 0.1) is 25.5 Å². The number of nitrogens with one attached hydrogen (secondary N) is 2. The van der Waals surface area contributed by atoms with Gasteiger partial charge in [0.1, 0.15) is 6.04 Å². The van der Waals surface area contributed by atoms with Crippen molar-refractivity contribution in [3.8, 4) is 5.75 Å². The summed E-state index contributed by atoms with van der Waals surface area (Å²) in [5, 5.41) is 9.21. The van der Waals surface area contributed by atoms with Crippen LogP contribution in [-0.2, 0) is 11.3 Å². The third-order valence-corrected chi connectivity index (χ3v) is 3.58. The zero-order chi connectivity index (χ0) is 17.1. The van der Waals surface area contributed by atoms with Crippen LogP contribution >= 0.6 is 0 Å². The fourth-order valence-corrected chi connectivity index (χ4v) is 2.31. The van der Waals surface area contributed by atoms with Crippen LogP contribution in [0.1, 0.15) is 28.6 Å². The SMILES string of the molecule is COc1ccc(CNC(=O)[C@H](N)c2c(C)n[nH]c2C)c(F)c1F. The van der Waals surface area contributed by atoms with Gasteiger partial charge in [0, 0.05) is 23.4 Å². The Kier molecular flexibility index (Phi) is 4.95. The van der Waals surface area contributed by atoms with Crippen molar-refractivity contribution in [1.29, 1.82) is 0 Å². The summed E-state index contributed by atoms with van der Waals surface area (Å²) in [6.45, 7) is 3.29. The Balaban J connectivity index is 2.09. The molecule has 1 heterocycles. The van der Waals surface area contributed by atoms with Crippen molar-refractivity contribution in [2.75, 3.05) is 7.11 Å². The lowest BCUT2D eigenvalue weighted by Gasteiger charge is -2.14. The van der Waals surface area contributed by atoms with Gasteiger partial charge in [-0.25, -0.2) is 4.39 Å². The Hall–Kier alpha value is -2.48. The molecule has 0 saturated heterocycles. The van der Waals surface area contributed by atoms with E-state index < -0.39 is 23.6 Å². The number of amides is 1. The van der Waals surface area contributed by atoms with Gasteiger partial charge >= 0.3 is 0 Å². The maximum Gasteiger partial charge on any atom is 0.241 e. The second kappa shape index (κ2) is 6.74. The average molecular weight is 324 g/mol. The minimum Gasteiger partial charge on any atom is -0.494 e. The molecular weight excluding hydrogens is 306 g/mol. The van der Waals surface area contributed by atoms with Crippen LogP contribution in [0.3, 0.4) is 0 Å². The standard InChI is InChI=1S/C15H18F2N4O2/c1-7-11(8(2)21-20-7)14(18)15(22)19-6-9-4-5-10(23-3)13(17)12(9)16/h4-5,14H,6,18H2,1-3H3,(H,19,22)(H,20,21)/t14-/m1/s1. The number of ether oxygens (including phenoxy) is 1. The highest BCUT2D eigenvalue weighted by Crippen LogP contribution is 2.22. The van der Waals surface area contributed by atoms with Crippen molar-refractivity contribution >= 4 is 5.91 Å². The quantitative estimate of drug-likeness (QED) is 0.779. The number of nitrogens with two attached hydrogens (primary N) is 1. The lowest BCUT2D eigenvalue weighted by Crippen LogP contribution is -2.34. The van der Waals surface area contributed by atoms with Gasteiger partial charge in [0.2, 0.25) is 11.7 Å². The minimum atomic E-state index is -1.09. The lowest BCUT2D eigenvalue weighted by molar-refractivity contribution is -0.122. The van der Waals surface area contributed by atoms with Crippen molar-refractivity contribution in [2.24, 2.45) is 5.73 Å². The molecule has 0 spiro atoms. The second-order valence-electron chi connectivity index (χ2n) is 5.10. The Morgan fingerprint density at radius 2 is 2.09 bits per heavy atom. The van der Waals surface area contributed by atoms with Gasteiger partial charge in [-0.15, -0.1) is 0 Å². The molecule has 23 heavy (non-hydrogen) atoms. The number of methoxy groups -OCH3 is 1. The van der Waals surface area contributed by atoms with E-state index in [4.69, 9.17) is 5.73 Å². The van der Waals surface area contributed by atoms with Crippen LogP contribution in [0.4, 0.5) is 8.78 Å². The molecule has 8 heteroatoms. The van der Waals surface area contributed by atoms with Gasteiger partial charge < -0.3 is 15.8 Å². The number of hydrogen-bond acceptors (Lipinski definition) is 4. The monoisotopic (exact) mass is 324 g/mol. The zero-order valence-corrected chi connectivity index (χ0v) is 13.0. The molecule has 1 aromatic heterocycles. The molecule has 124 valence electrons. The van der Waals surface area contributed by atoms with E-state index in [9.17, 15) is 13.6 Å². The van der Waals surface area contributed by atoms with E-state index in [0.717, 1.165) is 0 Å². The molecule has 0 aliphatic carbocycles. The molecule has 0 fully saturated rings. The fourth-order valence-electron chi connectivity index (χ4n) is 2.31. The molecule has 0 unspecified atom stereocenters. The van der Waals surface area contributed by atoms with Crippen LogP contribution in [0.25, 0.3) is 0 Å². The molecule has 0 aliphatic heterocycles. The van der Waals surface area contributed by atoms with E-state index in [0.29, 0.717) is 17.0 Å². The smallest absolute Gasteiger partial charge is 0.241 e. The fraction of sp³-hybridized carbons (Fsp3) is 0.333. The summed E-state index contributed by atoms with van der Waals surface area (Å²) in [6, 6.07) is 1.70. The second-order valence-corrected chi connectivity index (χ2v) is 5.10. The van der Waals surface area contributed by atoms with E-state index in [2.05, 4.69) is 20.3 Å². The van der Waals surface area contributed by atoms with Crippen LogP contribution in [0.15, 0.2) is 12.1 Å².